The predicted molar refractivity (Wildman–Crippen MR) is 37.9 cm³/mol. The Labute approximate surface area is 56.8 Å². The zero-order valence-electron chi connectivity index (χ0n) is 5.94. The molecule has 0 heterocycles. The monoisotopic (exact) mass is 129 g/mol. The summed E-state index contributed by atoms with van der Waals surface area (Å²) < 4.78 is 12.5. The summed E-state index contributed by atoms with van der Waals surface area (Å²) in [6.45, 7) is 7.09. The fraction of sp³-hybridized carbons (Fsp3) is 0.750. The summed E-state index contributed by atoms with van der Waals surface area (Å²) in [7, 11) is 0. The number of rotatable bonds is 5. The van der Waals surface area contributed by atoms with Crippen LogP contribution in [0.15, 0.2) is 6.08 Å². The lowest BCUT2D eigenvalue weighted by Crippen LogP contribution is -1.96. The maximum atomic E-state index is 12.5. The molecule has 0 saturated heterocycles. The average molecular weight is 129 g/mol. The molecule has 0 fully saturated rings. The van der Waals surface area contributed by atoms with Crippen LogP contribution in [0.4, 0.5) is 4.39 Å². The fourth-order valence-corrected chi connectivity index (χ4v) is 0.691. The molecule has 0 bridgehead atoms. The number of alkyl halides is 1. The first-order valence-corrected chi connectivity index (χ1v) is 3.48. The maximum Gasteiger partial charge on any atom is 0.104 e. The summed E-state index contributed by atoms with van der Waals surface area (Å²) in [5, 5.41) is 0. The van der Waals surface area contributed by atoms with E-state index in [1.54, 1.807) is 0 Å². The minimum absolute atomic E-state index is 0.403. The number of allylic oxidation sites excluding steroid dienone is 1. The van der Waals surface area contributed by atoms with Crippen LogP contribution in [0.2, 0.25) is 0 Å². The van der Waals surface area contributed by atoms with Crippen molar-refractivity contribution in [2.75, 3.05) is 0 Å². The van der Waals surface area contributed by atoms with E-state index < -0.39 is 6.17 Å². The van der Waals surface area contributed by atoms with Crippen LogP contribution in [0.3, 0.4) is 0 Å². The van der Waals surface area contributed by atoms with Crippen molar-refractivity contribution in [3.05, 3.63) is 12.7 Å². The van der Waals surface area contributed by atoms with Gasteiger partial charge in [-0.25, -0.2) is 4.39 Å². The van der Waals surface area contributed by atoms with Gasteiger partial charge in [0, 0.05) is 0 Å². The van der Waals surface area contributed by atoms with Crippen molar-refractivity contribution in [1.29, 1.82) is 0 Å². The highest BCUT2D eigenvalue weighted by molar-refractivity contribution is 4.69. The zero-order chi connectivity index (χ0) is 7.11. The topological polar surface area (TPSA) is 0 Å². The summed E-state index contributed by atoms with van der Waals surface area (Å²) in [6, 6.07) is 0. The van der Waals surface area contributed by atoms with Crippen LogP contribution in [0, 0.1) is 6.58 Å². The lowest BCUT2D eigenvalue weighted by molar-refractivity contribution is 0.310. The normalized spacial score (nSPS) is 13.1. The Kier molecular flexibility index (Phi) is 5.59. The first-order chi connectivity index (χ1) is 4.31. The van der Waals surface area contributed by atoms with Gasteiger partial charge >= 0.3 is 0 Å². The smallest absolute Gasteiger partial charge is 0.104 e. The van der Waals surface area contributed by atoms with Crippen molar-refractivity contribution in [3.63, 3.8) is 0 Å². The predicted octanol–water partition coefficient (Wildman–Crippen LogP) is 2.89. The molecule has 0 aromatic carbocycles. The molecule has 0 aromatic heterocycles. The molecule has 0 aliphatic heterocycles. The second kappa shape index (κ2) is 5.80. The lowest BCUT2D eigenvalue weighted by atomic mass is 10.1. The van der Waals surface area contributed by atoms with Crippen molar-refractivity contribution < 1.29 is 4.39 Å². The number of unbranched alkanes of at least 4 members (excludes halogenated alkanes) is 1. The standard InChI is InChI=1S/C8H14F/c1-3-5-7-8(9)6-4-2/h2,4,8H,3,5-7H2,1H3. The van der Waals surface area contributed by atoms with Crippen molar-refractivity contribution in [1.82, 2.24) is 0 Å². The number of hydrogen-bond acceptors (Lipinski definition) is 0. The molecule has 0 saturated carbocycles. The fourth-order valence-electron chi connectivity index (χ4n) is 0.691. The summed E-state index contributed by atoms with van der Waals surface area (Å²) in [4.78, 5) is 0. The van der Waals surface area contributed by atoms with Gasteiger partial charge in [-0.2, -0.15) is 0 Å². The zero-order valence-corrected chi connectivity index (χ0v) is 5.94. The van der Waals surface area contributed by atoms with Gasteiger partial charge in [0.2, 0.25) is 0 Å². The van der Waals surface area contributed by atoms with Gasteiger partial charge in [-0.1, -0.05) is 32.4 Å². The van der Waals surface area contributed by atoms with E-state index in [0.29, 0.717) is 12.8 Å². The third kappa shape index (κ3) is 5.54. The molecular formula is C8H14F. The molecule has 9 heavy (non-hydrogen) atoms. The minimum atomic E-state index is -0.713. The molecule has 1 unspecified atom stereocenters. The van der Waals surface area contributed by atoms with Crippen LogP contribution in [0.1, 0.15) is 32.6 Å². The van der Waals surface area contributed by atoms with E-state index in [4.69, 9.17) is 6.58 Å². The minimum Gasteiger partial charge on any atom is -0.247 e. The Balaban J connectivity index is 3.04. The van der Waals surface area contributed by atoms with Crippen molar-refractivity contribution in [2.45, 2.75) is 38.8 Å². The highest BCUT2D eigenvalue weighted by Crippen LogP contribution is 2.07. The molecule has 0 aliphatic rings. The van der Waals surface area contributed by atoms with E-state index >= 15 is 0 Å². The van der Waals surface area contributed by atoms with E-state index in [0.717, 1.165) is 12.8 Å². The Bertz CT molecular complexity index is 69.0. The molecule has 0 nitrogen and oxygen atoms in total. The second-order valence-electron chi connectivity index (χ2n) is 2.21. The molecule has 0 N–H and O–H groups in total. The van der Waals surface area contributed by atoms with Crippen LogP contribution < -0.4 is 0 Å². The molecular weight excluding hydrogens is 115 g/mol. The van der Waals surface area contributed by atoms with Gasteiger partial charge in [-0.3, -0.25) is 0 Å². The largest absolute Gasteiger partial charge is 0.247 e. The third-order valence-electron chi connectivity index (χ3n) is 1.26. The van der Waals surface area contributed by atoms with Crippen LogP contribution >= 0.6 is 0 Å². The Morgan fingerprint density at radius 2 is 2.33 bits per heavy atom. The lowest BCUT2D eigenvalue weighted by Gasteiger charge is -2.01. The van der Waals surface area contributed by atoms with E-state index in [9.17, 15) is 4.39 Å². The summed E-state index contributed by atoms with van der Waals surface area (Å²) in [5.41, 5.74) is 0. The van der Waals surface area contributed by atoms with Crippen LogP contribution in [-0.4, -0.2) is 6.17 Å². The van der Waals surface area contributed by atoms with E-state index in [1.807, 2.05) is 0 Å². The summed E-state index contributed by atoms with van der Waals surface area (Å²) >= 11 is 0. The molecule has 0 amide bonds. The maximum absolute atomic E-state index is 12.5. The van der Waals surface area contributed by atoms with Gasteiger partial charge in [0.25, 0.3) is 0 Å². The van der Waals surface area contributed by atoms with Crippen LogP contribution in [-0.2, 0) is 0 Å². The van der Waals surface area contributed by atoms with Gasteiger partial charge in [0.1, 0.15) is 6.17 Å². The van der Waals surface area contributed by atoms with E-state index in [-0.39, 0.29) is 0 Å². The SMILES string of the molecule is [CH]=CCC(F)CCCC. The average Bonchev–Trinajstić information content (AvgIpc) is 1.85. The molecule has 1 heteroatoms. The van der Waals surface area contributed by atoms with E-state index in [1.165, 1.54) is 6.08 Å². The molecule has 0 rings (SSSR count). The van der Waals surface area contributed by atoms with Crippen molar-refractivity contribution in [2.24, 2.45) is 0 Å². The highest BCUT2D eigenvalue weighted by Gasteiger charge is 2.00. The molecule has 53 valence electrons. The first kappa shape index (κ1) is 8.67. The first-order valence-electron chi connectivity index (χ1n) is 3.48. The van der Waals surface area contributed by atoms with Gasteiger partial charge in [-0.15, -0.1) is 0 Å². The van der Waals surface area contributed by atoms with Crippen molar-refractivity contribution >= 4 is 0 Å². The highest BCUT2D eigenvalue weighted by atomic mass is 19.1. The molecule has 0 aliphatic carbocycles. The second-order valence-corrected chi connectivity index (χ2v) is 2.21. The quantitative estimate of drug-likeness (QED) is 0.535. The van der Waals surface area contributed by atoms with Crippen LogP contribution in [0.5, 0.6) is 0 Å². The van der Waals surface area contributed by atoms with Gasteiger partial charge in [0.15, 0.2) is 0 Å². The van der Waals surface area contributed by atoms with Gasteiger partial charge < -0.3 is 0 Å². The summed E-state index contributed by atoms with van der Waals surface area (Å²) in [6.07, 6.45) is 3.76. The Morgan fingerprint density at radius 1 is 1.67 bits per heavy atom. The van der Waals surface area contributed by atoms with Gasteiger partial charge in [-0.05, 0) is 12.8 Å². The molecule has 1 radical (unpaired) electrons. The van der Waals surface area contributed by atoms with Crippen molar-refractivity contribution in [3.8, 4) is 0 Å². The number of halogens is 1. The Morgan fingerprint density at radius 3 is 2.78 bits per heavy atom. The third-order valence-corrected chi connectivity index (χ3v) is 1.26. The van der Waals surface area contributed by atoms with E-state index in [2.05, 4.69) is 6.92 Å². The Hall–Kier alpha value is -0.330. The molecule has 0 aromatic rings. The molecule has 1 atom stereocenters. The van der Waals surface area contributed by atoms with Gasteiger partial charge in [0.05, 0.1) is 0 Å². The number of hydrogen-bond donors (Lipinski definition) is 0. The molecule has 0 spiro atoms. The van der Waals surface area contributed by atoms with Crippen LogP contribution in [0.25, 0.3) is 0 Å². The summed E-state index contributed by atoms with van der Waals surface area (Å²) in [5.74, 6) is 0.